The third kappa shape index (κ3) is 5.14. The summed E-state index contributed by atoms with van der Waals surface area (Å²) >= 11 is 0. The highest BCUT2D eigenvalue weighted by atomic mass is 16.5. The third-order valence-corrected chi connectivity index (χ3v) is 4.34. The largest absolute Gasteiger partial charge is 0.375 e. The zero-order valence-corrected chi connectivity index (χ0v) is 14.6. The van der Waals surface area contributed by atoms with Gasteiger partial charge in [0, 0.05) is 18.8 Å². The van der Waals surface area contributed by atoms with Crippen LogP contribution in [-0.2, 0) is 11.3 Å². The molecule has 1 aliphatic heterocycles. The molecule has 0 spiro atoms. The second kappa shape index (κ2) is 8.78. The summed E-state index contributed by atoms with van der Waals surface area (Å²) in [5.74, 6) is -0.154. The standard InChI is InChI=1S/C19H26N4O2/c1-15(13-25-14-16-6-3-2-4-7-16)21-19(24)18-9-11-23(22-18)17-8-5-10-20-12-17/h2-4,6-7,9,11,15,17,20H,5,8,10,12-14H2,1H3,(H,21,24). The normalized spacial score (nSPS) is 18.7. The number of rotatable bonds is 7. The Morgan fingerprint density at radius 2 is 2.24 bits per heavy atom. The van der Waals surface area contributed by atoms with E-state index in [1.54, 1.807) is 6.07 Å². The van der Waals surface area contributed by atoms with E-state index in [1.807, 2.05) is 48.1 Å². The van der Waals surface area contributed by atoms with E-state index in [4.69, 9.17) is 4.74 Å². The first-order chi connectivity index (χ1) is 12.2. The second-order valence-corrected chi connectivity index (χ2v) is 6.56. The summed E-state index contributed by atoms with van der Waals surface area (Å²) < 4.78 is 7.57. The molecular weight excluding hydrogens is 316 g/mol. The van der Waals surface area contributed by atoms with Crippen LogP contribution in [0.15, 0.2) is 42.6 Å². The average molecular weight is 342 g/mol. The van der Waals surface area contributed by atoms with Gasteiger partial charge in [-0.05, 0) is 37.9 Å². The van der Waals surface area contributed by atoms with E-state index in [9.17, 15) is 4.79 Å². The molecule has 25 heavy (non-hydrogen) atoms. The summed E-state index contributed by atoms with van der Waals surface area (Å²) in [6.07, 6.45) is 4.13. The summed E-state index contributed by atoms with van der Waals surface area (Å²) in [5, 5.41) is 10.7. The van der Waals surface area contributed by atoms with E-state index in [0.717, 1.165) is 31.5 Å². The first kappa shape index (κ1) is 17.6. The molecule has 1 fully saturated rings. The quantitative estimate of drug-likeness (QED) is 0.809. The van der Waals surface area contributed by atoms with Gasteiger partial charge in [0.1, 0.15) is 5.69 Å². The molecule has 134 valence electrons. The van der Waals surface area contributed by atoms with Crippen LogP contribution in [0.2, 0.25) is 0 Å². The fourth-order valence-electron chi connectivity index (χ4n) is 2.99. The van der Waals surface area contributed by atoms with Gasteiger partial charge >= 0.3 is 0 Å². The molecule has 6 heteroatoms. The summed E-state index contributed by atoms with van der Waals surface area (Å²) in [7, 11) is 0. The third-order valence-electron chi connectivity index (χ3n) is 4.34. The number of nitrogens with zero attached hydrogens (tertiary/aromatic N) is 2. The SMILES string of the molecule is CC(COCc1ccccc1)NC(=O)c1ccn(C2CCCNC2)n1. The number of aromatic nitrogens is 2. The monoisotopic (exact) mass is 342 g/mol. The van der Waals surface area contributed by atoms with Gasteiger partial charge in [-0.25, -0.2) is 0 Å². The predicted molar refractivity (Wildman–Crippen MR) is 96.4 cm³/mol. The molecule has 1 aromatic carbocycles. The van der Waals surface area contributed by atoms with Gasteiger partial charge in [-0.3, -0.25) is 9.48 Å². The summed E-state index contributed by atoms with van der Waals surface area (Å²) in [6.45, 7) is 4.92. The van der Waals surface area contributed by atoms with Crippen LogP contribution in [0.3, 0.4) is 0 Å². The Kier molecular flexibility index (Phi) is 6.19. The van der Waals surface area contributed by atoms with Crippen molar-refractivity contribution in [2.24, 2.45) is 0 Å². The minimum Gasteiger partial charge on any atom is -0.375 e. The summed E-state index contributed by atoms with van der Waals surface area (Å²) in [5.41, 5.74) is 1.58. The molecule has 1 saturated heterocycles. The van der Waals surface area contributed by atoms with Gasteiger partial charge in [0.15, 0.2) is 0 Å². The highest BCUT2D eigenvalue weighted by Gasteiger charge is 2.18. The van der Waals surface area contributed by atoms with Crippen LogP contribution in [0.4, 0.5) is 0 Å². The minimum atomic E-state index is -0.154. The lowest BCUT2D eigenvalue weighted by Crippen LogP contribution is -2.36. The van der Waals surface area contributed by atoms with Crippen LogP contribution < -0.4 is 10.6 Å². The summed E-state index contributed by atoms with van der Waals surface area (Å²) in [4.78, 5) is 12.3. The molecule has 2 N–H and O–H groups in total. The number of nitrogens with one attached hydrogen (secondary N) is 2. The lowest BCUT2D eigenvalue weighted by molar-refractivity contribution is 0.0815. The molecule has 0 aliphatic carbocycles. The Hall–Kier alpha value is -2.18. The fraction of sp³-hybridized carbons (Fsp3) is 0.474. The Bertz CT molecular complexity index is 665. The molecule has 0 bridgehead atoms. The number of carbonyl (C=O) groups is 1. The van der Waals surface area contributed by atoms with Crippen molar-refractivity contribution in [2.45, 2.75) is 38.5 Å². The molecule has 2 unspecified atom stereocenters. The Morgan fingerprint density at radius 3 is 3.00 bits per heavy atom. The van der Waals surface area contributed by atoms with Gasteiger partial charge in [-0.2, -0.15) is 5.10 Å². The molecule has 0 radical (unpaired) electrons. The zero-order valence-electron chi connectivity index (χ0n) is 14.6. The highest BCUT2D eigenvalue weighted by molar-refractivity contribution is 5.92. The lowest BCUT2D eigenvalue weighted by Gasteiger charge is -2.22. The van der Waals surface area contributed by atoms with Crippen molar-refractivity contribution in [1.29, 1.82) is 0 Å². The first-order valence-corrected chi connectivity index (χ1v) is 8.91. The topological polar surface area (TPSA) is 68.2 Å². The van der Waals surface area contributed by atoms with E-state index < -0.39 is 0 Å². The molecule has 1 aromatic heterocycles. The van der Waals surface area contributed by atoms with Crippen LogP contribution in [0, 0.1) is 0 Å². The highest BCUT2D eigenvalue weighted by Crippen LogP contribution is 2.15. The average Bonchev–Trinajstić information content (AvgIpc) is 3.14. The molecule has 2 aromatic rings. The van der Waals surface area contributed by atoms with Gasteiger partial charge in [0.25, 0.3) is 5.91 Å². The molecule has 3 rings (SSSR count). The van der Waals surface area contributed by atoms with Crippen LogP contribution in [0.5, 0.6) is 0 Å². The van der Waals surface area contributed by atoms with Crippen LogP contribution >= 0.6 is 0 Å². The molecule has 1 amide bonds. The van der Waals surface area contributed by atoms with Crippen molar-refractivity contribution in [3.8, 4) is 0 Å². The van der Waals surface area contributed by atoms with E-state index in [-0.39, 0.29) is 11.9 Å². The Balaban J connectivity index is 1.44. The van der Waals surface area contributed by atoms with Crippen molar-refractivity contribution in [2.75, 3.05) is 19.7 Å². The Morgan fingerprint density at radius 1 is 1.40 bits per heavy atom. The lowest BCUT2D eigenvalue weighted by atomic mass is 10.1. The number of ether oxygens (including phenoxy) is 1. The number of hydrogen-bond acceptors (Lipinski definition) is 4. The van der Waals surface area contributed by atoms with Crippen LogP contribution in [0.1, 0.15) is 41.9 Å². The number of hydrogen-bond donors (Lipinski definition) is 2. The van der Waals surface area contributed by atoms with Gasteiger partial charge in [-0.15, -0.1) is 0 Å². The first-order valence-electron chi connectivity index (χ1n) is 8.91. The minimum absolute atomic E-state index is 0.0716. The number of piperidine rings is 1. The van der Waals surface area contributed by atoms with E-state index in [2.05, 4.69) is 15.7 Å². The number of benzene rings is 1. The van der Waals surface area contributed by atoms with Crippen LogP contribution in [-0.4, -0.2) is 41.4 Å². The molecule has 1 aliphatic rings. The maximum Gasteiger partial charge on any atom is 0.272 e. The van der Waals surface area contributed by atoms with Gasteiger partial charge in [0.05, 0.1) is 19.3 Å². The fourth-order valence-corrected chi connectivity index (χ4v) is 2.99. The van der Waals surface area contributed by atoms with Crippen LogP contribution in [0.25, 0.3) is 0 Å². The Labute approximate surface area is 148 Å². The molecule has 2 atom stereocenters. The molecular formula is C19H26N4O2. The molecule has 0 saturated carbocycles. The zero-order chi connectivity index (χ0) is 17.5. The van der Waals surface area contributed by atoms with Crippen molar-refractivity contribution in [3.05, 3.63) is 53.9 Å². The number of amides is 1. The summed E-state index contributed by atoms with van der Waals surface area (Å²) in [6, 6.07) is 12.0. The maximum atomic E-state index is 12.3. The van der Waals surface area contributed by atoms with Gasteiger partial charge in [0.2, 0.25) is 0 Å². The predicted octanol–water partition coefficient (Wildman–Crippen LogP) is 2.14. The second-order valence-electron chi connectivity index (χ2n) is 6.56. The number of carbonyl (C=O) groups excluding carboxylic acids is 1. The molecule has 2 heterocycles. The van der Waals surface area contributed by atoms with Crippen molar-refractivity contribution < 1.29 is 9.53 Å². The van der Waals surface area contributed by atoms with E-state index >= 15 is 0 Å². The van der Waals surface area contributed by atoms with Crippen molar-refractivity contribution in [1.82, 2.24) is 20.4 Å². The van der Waals surface area contributed by atoms with Gasteiger partial charge < -0.3 is 15.4 Å². The smallest absolute Gasteiger partial charge is 0.272 e. The molecule has 6 nitrogen and oxygen atoms in total. The van der Waals surface area contributed by atoms with E-state index in [0.29, 0.717) is 24.9 Å². The maximum absolute atomic E-state index is 12.3. The van der Waals surface area contributed by atoms with Crippen molar-refractivity contribution in [3.63, 3.8) is 0 Å². The van der Waals surface area contributed by atoms with E-state index in [1.165, 1.54) is 0 Å². The van der Waals surface area contributed by atoms with Gasteiger partial charge in [-0.1, -0.05) is 30.3 Å². The van der Waals surface area contributed by atoms with Crippen molar-refractivity contribution >= 4 is 5.91 Å².